The van der Waals surface area contributed by atoms with E-state index in [2.05, 4.69) is 36.6 Å². The van der Waals surface area contributed by atoms with Crippen LogP contribution in [0, 0.1) is 19.7 Å². The van der Waals surface area contributed by atoms with E-state index >= 15 is 0 Å². The first kappa shape index (κ1) is 20.8. The van der Waals surface area contributed by atoms with Crippen molar-refractivity contribution < 1.29 is 9.18 Å². The molecule has 0 aliphatic heterocycles. The van der Waals surface area contributed by atoms with Crippen LogP contribution in [0.2, 0.25) is 0 Å². The summed E-state index contributed by atoms with van der Waals surface area (Å²) in [5.41, 5.74) is 4.61. The Morgan fingerprint density at radius 1 is 0.871 bits per heavy atom. The van der Waals surface area contributed by atoms with Gasteiger partial charge in [-0.1, -0.05) is 48.5 Å². The zero-order chi connectivity index (χ0) is 21.8. The molecule has 1 atom stereocenters. The quantitative estimate of drug-likeness (QED) is 0.347. The molecule has 1 aromatic heterocycles. The lowest BCUT2D eigenvalue weighted by atomic mass is 9.96. The molecule has 5 heteroatoms. The zero-order valence-corrected chi connectivity index (χ0v) is 18.2. The van der Waals surface area contributed by atoms with E-state index in [0.29, 0.717) is 5.56 Å². The number of amides is 1. The van der Waals surface area contributed by atoms with Gasteiger partial charge in [-0.25, -0.2) is 4.39 Å². The Morgan fingerprint density at radius 3 is 2.13 bits per heavy atom. The molecule has 3 aromatic carbocycles. The molecular weight excluding hydrogens is 407 g/mol. The molecule has 4 aromatic rings. The van der Waals surface area contributed by atoms with E-state index in [1.165, 1.54) is 12.1 Å². The second kappa shape index (κ2) is 9.14. The van der Waals surface area contributed by atoms with Gasteiger partial charge in [0.05, 0.1) is 6.04 Å². The first-order valence-corrected chi connectivity index (χ1v) is 10.9. The lowest BCUT2D eigenvalue weighted by Crippen LogP contribution is -2.17. The highest BCUT2D eigenvalue weighted by Gasteiger charge is 2.24. The van der Waals surface area contributed by atoms with E-state index in [1.54, 1.807) is 35.6 Å². The lowest BCUT2D eigenvalue weighted by molar-refractivity contribution is 0.102. The van der Waals surface area contributed by atoms with Crippen molar-refractivity contribution in [3.05, 3.63) is 118 Å². The molecule has 3 nitrogen and oxygen atoms in total. The van der Waals surface area contributed by atoms with E-state index in [1.807, 2.05) is 36.4 Å². The first-order chi connectivity index (χ1) is 15.0. The average Bonchev–Trinajstić information content (AvgIpc) is 3.07. The standard InChI is InChI=1S/C26H23FN2OS/c1-17-18(2)31-26(29-25(30)20-11-7-4-8-12-20)23(17)24(19-9-5-3-6-10-19)28-22-15-13-21(27)14-16-22/h3-16,24,28H,1-2H3,(H,29,30)/t24-/m0/s1. The molecule has 0 radical (unpaired) electrons. The van der Waals surface area contributed by atoms with Gasteiger partial charge in [0.15, 0.2) is 0 Å². The Labute approximate surface area is 185 Å². The number of benzene rings is 3. The van der Waals surface area contributed by atoms with Gasteiger partial charge in [-0.2, -0.15) is 0 Å². The summed E-state index contributed by atoms with van der Waals surface area (Å²) in [4.78, 5) is 14.0. The second-order valence-electron chi connectivity index (χ2n) is 7.34. The monoisotopic (exact) mass is 430 g/mol. The molecule has 1 amide bonds. The summed E-state index contributed by atoms with van der Waals surface area (Å²) in [6.07, 6.45) is 0. The summed E-state index contributed by atoms with van der Waals surface area (Å²) < 4.78 is 13.4. The van der Waals surface area contributed by atoms with Crippen LogP contribution < -0.4 is 10.6 Å². The van der Waals surface area contributed by atoms with Gasteiger partial charge in [0.2, 0.25) is 0 Å². The predicted octanol–water partition coefficient (Wildman–Crippen LogP) is 6.96. The largest absolute Gasteiger partial charge is 0.374 e. The van der Waals surface area contributed by atoms with Crippen molar-refractivity contribution in [2.24, 2.45) is 0 Å². The number of anilines is 2. The van der Waals surface area contributed by atoms with Crippen LogP contribution in [0.3, 0.4) is 0 Å². The molecular formula is C26H23FN2OS. The SMILES string of the molecule is Cc1sc(NC(=O)c2ccccc2)c([C@@H](Nc2ccc(F)cc2)c2ccccc2)c1C. The van der Waals surface area contributed by atoms with Gasteiger partial charge in [-0.15, -0.1) is 11.3 Å². The number of hydrogen-bond donors (Lipinski definition) is 2. The van der Waals surface area contributed by atoms with Crippen molar-refractivity contribution in [3.63, 3.8) is 0 Å². The normalized spacial score (nSPS) is 11.7. The number of aryl methyl sites for hydroxylation is 1. The van der Waals surface area contributed by atoms with Crippen LogP contribution in [-0.4, -0.2) is 5.91 Å². The topological polar surface area (TPSA) is 41.1 Å². The molecule has 0 aliphatic rings. The number of rotatable bonds is 6. The summed E-state index contributed by atoms with van der Waals surface area (Å²) in [7, 11) is 0. The molecule has 1 heterocycles. The van der Waals surface area contributed by atoms with Crippen molar-refractivity contribution >= 4 is 27.9 Å². The van der Waals surface area contributed by atoms with E-state index in [9.17, 15) is 9.18 Å². The third kappa shape index (κ3) is 4.67. The summed E-state index contributed by atoms with van der Waals surface area (Å²) in [6, 6.07) is 25.4. The highest BCUT2D eigenvalue weighted by atomic mass is 32.1. The third-order valence-electron chi connectivity index (χ3n) is 5.27. The maximum atomic E-state index is 13.4. The smallest absolute Gasteiger partial charge is 0.256 e. The first-order valence-electron chi connectivity index (χ1n) is 10.1. The molecule has 0 unspecified atom stereocenters. The van der Waals surface area contributed by atoms with Crippen LogP contribution >= 0.6 is 11.3 Å². The lowest BCUT2D eigenvalue weighted by Gasteiger charge is -2.23. The molecule has 0 saturated carbocycles. The molecule has 156 valence electrons. The fraction of sp³-hybridized carbons (Fsp3) is 0.115. The summed E-state index contributed by atoms with van der Waals surface area (Å²) in [5, 5.41) is 7.46. The van der Waals surface area contributed by atoms with E-state index in [-0.39, 0.29) is 17.8 Å². The Balaban J connectivity index is 1.75. The van der Waals surface area contributed by atoms with Gasteiger partial charge in [-0.3, -0.25) is 4.79 Å². The molecule has 0 spiro atoms. The Hall–Kier alpha value is -3.44. The number of nitrogens with one attached hydrogen (secondary N) is 2. The maximum absolute atomic E-state index is 13.4. The molecule has 0 bridgehead atoms. The van der Waals surface area contributed by atoms with Crippen LogP contribution in [-0.2, 0) is 0 Å². The number of hydrogen-bond acceptors (Lipinski definition) is 3. The molecule has 31 heavy (non-hydrogen) atoms. The van der Waals surface area contributed by atoms with E-state index < -0.39 is 0 Å². The number of carbonyl (C=O) groups excluding carboxylic acids is 1. The van der Waals surface area contributed by atoms with Crippen LogP contribution in [0.4, 0.5) is 15.1 Å². The fourth-order valence-corrected chi connectivity index (χ4v) is 4.62. The summed E-state index contributed by atoms with van der Waals surface area (Å²) in [5.74, 6) is -0.420. The molecule has 0 saturated heterocycles. The van der Waals surface area contributed by atoms with Crippen molar-refractivity contribution in [1.29, 1.82) is 0 Å². The fourth-order valence-electron chi connectivity index (χ4n) is 3.53. The van der Waals surface area contributed by atoms with Crippen molar-refractivity contribution in [2.45, 2.75) is 19.9 Å². The van der Waals surface area contributed by atoms with Crippen molar-refractivity contribution in [3.8, 4) is 0 Å². The Kier molecular flexibility index (Phi) is 6.14. The number of carbonyl (C=O) groups is 1. The van der Waals surface area contributed by atoms with Crippen molar-refractivity contribution in [1.82, 2.24) is 0 Å². The minimum atomic E-state index is -0.278. The predicted molar refractivity (Wildman–Crippen MR) is 126 cm³/mol. The van der Waals surface area contributed by atoms with Crippen LogP contribution in [0.25, 0.3) is 0 Å². The van der Waals surface area contributed by atoms with E-state index in [4.69, 9.17) is 0 Å². The van der Waals surface area contributed by atoms with Gasteiger partial charge in [-0.05, 0) is 61.4 Å². The Morgan fingerprint density at radius 2 is 1.48 bits per heavy atom. The van der Waals surface area contributed by atoms with Crippen LogP contribution in [0.1, 0.15) is 38.0 Å². The highest BCUT2D eigenvalue weighted by molar-refractivity contribution is 7.16. The number of halogens is 1. The maximum Gasteiger partial charge on any atom is 0.256 e. The molecule has 0 aliphatic carbocycles. The molecule has 0 fully saturated rings. The van der Waals surface area contributed by atoms with Gasteiger partial charge < -0.3 is 10.6 Å². The third-order valence-corrected chi connectivity index (χ3v) is 6.41. The molecule has 4 rings (SSSR count). The Bertz CT molecular complexity index is 1170. The van der Waals surface area contributed by atoms with Gasteiger partial charge >= 0.3 is 0 Å². The minimum absolute atomic E-state index is 0.142. The van der Waals surface area contributed by atoms with Crippen molar-refractivity contribution in [2.75, 3.05) is 10.6 Å². The molecule has 2 N–H and O–H groups in total. The second-order valence-corrected chi connectivity index (χ2v) is 8.57. The average molecular weight is 431 g/mol. The van der Waals surface area contributed by atoms with Crippen LogP contribution in [0.15, 0.2) is 84.9 Å². The minimum Gasteiger partial charge on any atom is -0.374 e. The highest BCUT2D eigenvalue weighted by Crippen LogP contribution is 2.41. The summed E-state index contributed by atoms with van der Waals surface area (Å²) >= 11 is 1.57. The zero-order valence-electron chi connectivity index (χ0n) is 17.4. The van der Waals surface area contributed by atoms with Crippen LogP contribution in [0.5, 0.6) is 0 Å². The van der Waals surface area contributed by atoms with E-state index in [0.717, 1.165) is 32.3 Å². The van der Waals surface area contributed by atoms with Gasteiger partial charge in [0.25, 0.3) is 5.91 Å². The van der Waals surface area contributed by atoms with Gasteiger partial charge in [0, 0.05) is 21.7 Å². The summed E-state index contributed by atoms with van der Waals surface area (Å²) in [6.45, 7) is 4.13. The number of thiophene rings is 1. The van der Waals surface area contributed by atoms with Gasteiger partial charge in [0.1, 0.15) is 10.8 Å².